The lowest BCUT2D eigenvalue weighted by Crippen LogP contribution is -2.20. The number of carbonyl (C=O) groups is 1. The largest absolute Gasteiger partial charge is 0.493 e. The third-order valence-electron chi connectivity index (χ3n) is 4.26. The Morgan fingerprint density at radius 3 is 3.05 bits per heavy atom. The number of ether oxygens (including phenoxy) is 1. The summed E-state index contributed by atoms with van der Waals surface area (Å²) in [5.74, 6) is 1.13. The van der Waals surface area contributed by atoms with Crippen LogP contribution >= 0.6 is 11.3 Å². The van der Waals surface area contributed by atoms with E-state index >= 15 is 0 Å². The van der Waals surface area contributed by atoms with E-state index in [9.17, 15) is 4.79 Å². The second-order valence-electron chi connectivity index (χ2n) is 5.50. The fraction of sp³-hybridized carbons (Fsp3) is 0.353. The molecule has 2 nitrogen and oxygen atoms in total. The zero-order chi connectivity index (χ0) is 13.5. The molecule has 0 saturated carbocycles. The Hall–Kier alpha value is -1.61. The molecule has 2 heterocycles. The molecule has 102 valence electrons. The second kappa shape index (κ2) is 4.74. The average Bonchev–Trinajstić information content (AvgIpc) is 3.07. The van der Waals surface area contributed by atoms with Gasteiger partial charge in [-0.2, -0.15) is 0 Å². The predicted molar refractivity (Wildman–Crippen MR) is 80.0 cm³/mol. The number of para-hydroxylation sites is 1. The van der Waals surface area contributed by atoms with Crippen LogP contribution in [0.15, 0.2) is 30.3 Å². The Bertz CT molecular complexity index is 650. The molecule has 0 bridgehead atoms. The summed E-state index contributed by atoms with van der Waals surface area (Å²) in [4.78, 5) is 15.2. The summed E-state index contributed by atoms with van der Waals surface area (Å²) in [6, 6.07) is 10.1. The van der Waals surface area contributed by atoms with Crippen molar-refractivity contribution >= 4 is 17.1 Å². The highest BCUT2D eigenvalue weighted by Gasteiger charge is 2.30. The molecule has 0 radical (unpaired) electrons. The number of hydrogen-bond acceptors (Lipinski definition) is 3. The zero-order valence-electron chi connectivity index (χ0n) is 11.2. The van der Waals surface area contributed by atoms with Crippen LogP contribution in [-0.2, 0) is 12.8 Å². The van der Waals surface area contributed by atoms with Crippen molar-refractivity contribution in [2.75, 3.05) is 6.61 Å². The maximum Gasteiger partial charge on any atom is 0.180 e. The average molecular weight is 284 g/mol. The Labute approximate surface area is 122 Å². The maximum absolute atomic E-state index is 12.8. The number of thiophene rings is 1. The first-order valence-electron chi connectivity index (χ1n) is 7.20. The molecule has 0 N–H and O–H groups in total. The van der Waals surface area contributed by atoms with Gasteiger partial charge in [0.25, 0.3) is 0 Å². The number of carbonyl (C=O) groups excluding carboxylic acids is 1. The SMILES string of the molecule is O=C(c1cc2c(s1)CCC2)C1CCOc2ccccc21. The summed E-state index contributed by atoms with van der Waals surface area (Å²) in [6.07, 6.45) is 4.33. The Balaban J connectivity index is 1.69. The highest BCUT2D eigenvalue weighted by molar-refractivity contribution is 7.14. The van der Waals surface area contributed by atoms with E-state index in [1.54, 1.807) is 11.3 Å². The minimum absolute atomic E-state index is 0.0290. The summed E-state index contributed by atoms with van der Waals surface area (Å²) >= 11 is 1.71. The van der Waals surface area contributed by atoms with Gasteiger partial charge in [-0.1, -0.05) is 18.2 Å². The van der Waals surface area contributed by atoms with Gasteiger partial charge in [-0.15, -0.1) is 11.3 Å². The van der Waals surface area contributed by atoms with Crippen LogP contribution in [0, 0.1) is 0 Å². The molecule has 1 unspecified atom stereocenters. The van der Waals surface area contributed by atoms with Gasteiger partial charge in [0.05, 0.1) is 17.4 Å². The molecule has 0 fully saturated rings. The molecule has 2 aliphatic rings. The molecule has 0 spiro atoms. The second-order valence-corrected chi connectivity index (χ2v) is 6.64. The summed E-state index contributed by atoms with van der Waals surface area (Å²) in [5.41, 5.74) is 2.45. The molecule has 20 heavy (non-hydrogen) atoms. The van der Waals surface area contributed by atoms with Gasteiger partial charge in [-0.3, -0.25) is 4.79 Å². The van der Waals surface area contributed by atoms with Crippen LogP contribution in [0.5, 0.6) is 5.75 Å². The minimum Gasteiger partial charge on any atom is -0.493 e. The lowest BCUT2D eigenvalue weighted by Gasteiger charge is -2.24. The van der Waals surface area contributed by atoms with Crippen molar-refractivity contribution in [3.63, 3.8) is 0 Å². The van der Waals surface area contributed by atoms with Gasteiger partial charge < -0.3 is 4.74 Å². The quantitative estimate of drug-likeness (QED) is 0.780. The maximum atomic E-state index is 12.8. The van der Waals surface area contributed by atoms with Crippen molar-refractivity contribution in [3.8, 4) is 5.75 Å². The van der Waals surface area contributed by atoms with Crippen LogP contribution in [-0.4, -0.2) is 12.4 Å². The van der Waals surface area contributed by atoms with Crippen molar-refractivity contribution in [3.05, 3.63) is 51.2 Å². The number of benzene rings is 1. The van der Waals surface area contributed by atoms with Crippen LogP contribution in [0.2, 0.25) is 0 Å². The van der Waals surface area contributed by atoms with Gasteiger partial charge in [-0.25, -0.2) is 0 Å². The Morgan fingerprint density at radius 2 is 2.15 bits per heavy atom. The van der Waals surface area contributed by atoms with Gasteiger partial charge in [-0.05, 0) is 43.4 Å². The Kier molecular flexibility index (Phi) is 2.88. The molecular weight excluding hydrogens is 268 g/mol. The first kappa shape index (κ1) is 12.2. The lowest BCUT2D eigenvalue weighted by atomic mass is 9.88. The number of Topliss-reactive ketones (excluding diaryl/α,β-unsaturated/α-hetero) is 1. The first-order chi connectivity index (χ1) is 9.83. The van der Waals surface area contributed by atoms with Gasteiger partial charge in [0, 0.05) is 10.4 Å². The standard InChI is InChI=1S/C17H16O2S/c18-17(16-10-11-4-3-7-15(11)20-16)13-8-9-19-14-6-2-1-5-12(13)14/h1-2,5-6,10,13H,3-4,7-9H2. The fourth-order valence-corrected chi connectivity index (χ4v) is 4.48. The molecule has 0 saturated heterocycles. The highest BCUT2D eigenvalue weighted by Crippen LogP contribution is 2.38. The number of aryl methyl sites for hydroxylation is 2. The normalized spacial score (nSPS) is 20.1. The topological polar surface area (TPSA) is 26.3 Å². The van der Waals surface area contributed by atoms with Crippen molar-refractivity contribution in [2.45, 2.75) is 31.6 Å². The predicted octanol–water partition coefficient (Wildman–Crippen LogP) is 3.99. The van der Waals surface area contributed by atoms with E-state index in [4.69, 9.17) is 4.74 Å². The van der Waals surface area contributed by atoms with Crippen molar-refractivity contribution in [1.82, 2.24) is 0 Å². The molecule has 1 aliphatic carbocycles. The lowest BCUT2D eigenvalue weighted by molar-refractivity contribution is 0.0937. The number of rotatable bonds is 2. The Morgan fingerprint density at radius 1 is 1.25 bits per heavy atom. The molecular formula is C17H16O2S. The van der Waals surface area contributed by atoms with E-state index in [-0.39, 0.29) is 11.7 Å². The summed E-state index contributed by atoms with van der Waals surface area (Å²) in [5, 5.41) is 0. The van der Waals surface area contributed by atoms with Crippen molar-refractivity contribution in [1.29, 1.82) is 0 Å². The van der Waals surface area contributed by atoms with Crippen molar-refractivity contribution < 1.29 is 9.53 Å². The van der Waals surface area contributed by atoms with Crippen LogP contribution in [0.4, 0.5) is 0 Å². The molecule has 1 aliphatic heterocycles. The third-order valence-corrected chi connectivity index (χ3v) is 5.52. The number of ketones is 1. The van der Waals surface area contributed by atoms with E-state index < -0.39 is 0 Å². The van der Waals surface area contributed by atoms with Gasteiger partial charge >= 0.3 is 0 Å². The van der Waals surface area contributed by atoms with E-state index in [0.717, 1.165) is 35.5 Å². The summed E-state index contributed by atoms with van der Waals surface area (Å²) in [6.45, 7) is 0.637. The summed E-state index contributed by atoms with van der Waals surface area (Å²) < 4.78 is 5.65. The monoisotopic (exact) mass is 284 g/mol. The number of fused-ring (bicyclic) bond motifs is 2. The van der Waals surface area contributed by atoms with Crippen LogP contribution < -0.4 is 4.74 Å². The molecule has 1 atom stereocenters. The minimum atomic E-state index is -0.0290. The van der Waals surface area contributed by atoms with E-state index in [1.165, 1.54) is 16.9 Å². The first-order valence-corrected chi connectivity index (χ1v) is 8.02. The fourth-order valence-electron chi connectivity index (χ4n) is 3.24. The highest BCUT2D eigenvalue weighted by atomic mass is 32.1. The van der Waals surface area contributed by atoms with Gasteiger partial charge in [0.15, 0.2) is 5.78 Å². The van der Waals surface area contributed by atoms with Gasteiger partial charge in [0.2, 0.25) is 0 Å². The van der Waals surface area contributed by atoms with Crippen LogP contribution in [0.3, 0.4) is 0 Å². The van der Waals surface area contributed by atoms with E-state index in [1.807, 2.05) is 24.3 Å². The van der Waals surface area contributed by atoms with Crippen LogP contribution in [0.1, 0.15) is 44.4 Å². The zero-order valence-corrected chi connectivity index (χ0v) is 12.0. The molecule has 3 heteroatoms. The molecule has 1 aromatic heterocycles. The van der Waals surface area contributed by atoms with E-state index in [0.29, 0.717) is 6.61 Å². The third kappa shape index (κ3) is 1.88. The van der Waals surface area contributed by atoms with Crippen molar-refractivity contribution in [2.24, 2.45) is 0 Å². The molecule has 1 aromatic carbocycles. The van der Waals surface area contributed by atoms with Gasteiger partial charge in [0.1, 0.15) is 5.75 Å². The molecule has 2 aromatic rings. The smallest absolute Gasteiger partial charge is 0.180 e. The van der Waals surface area contributed by atoms with E-state index in [2.05, 4.69) is 6.07 Å². The molecule has 4 rings (SSSR count). The van der Waals surface area contributed by atoms with Crippen LogP contribution in [0.25, 0.3) is 0 Å². The number of hydrogen-bond donors (Lipinski definition) is 0. The molecule has 0 amide bonds. The summed E-state index contributed by atoms with van der Waals surface area (Å²) in [7, 11) is 0.